The Morgan fingerprint density at radius 1 is 1.07 bits per heavy atom. The minimum Gasteiger partial charge on any atom is -0.496 e. The predicted octanol–water partition coefficient (Wildman–Crippen LogP) is 5.43. The molecule has 45 heavy (non-hydrogen) atoms. The van der Waals surface area contributed by atoms with Gasteiger partial charge in [0.05, 0.1) is 31.6 Å². The van der Waals surface area contributed by atoms with Crippen LogP contribution in [0.2, 0.25) is 0 Å². The first-order valence-electron chi connectivity index (χ1n) is 14.0. The van der Waals surface area contributed by atoms with Crippen molar-refractivity contribution < 1.29 is 33.4 Å². The van der Waals surface area contributed by atoms with Crippen LogP contribution in [0.1, 0.15) is 22.8 Å². The van der Waals surface area contributed by atoms with Crippen molar-refractivity contribution in [1.29, 1.82) is 0 Å². The molecule has 2 atom stereocenters. The lowest BCUT2D eigenvalue weighted by Gasteiger charge is -2.28. The van der Waals surface area contributed by atoms with Gasteiger partial charge in [-0.15, -0.1) is 0 Å². The molecular formula is C33H30BrFN4O6. The number of methoxy groups -OCH3 is 1. The highest BCUT2D eigenvalue weighted by Gasteiger charge is 2.38. The summed E-state index contributed by atoms with van der Waals surface area (Å²) in [6.45, 7) is 1.16. The quantitative estimate of drug-likeness (QED) is 0.270. The van der Waals surface area contributed by atoms with E-state index in [1.54, 1.807) is 24.3 Å². The van der Waals surface area contributed by atoms with Crippen LogP contribution < -0.4 is 19.9 Å². The number of fused-ring (bicyclic) bond motifs is 2. The molecular weight excluding hydrogens is 647 g/mol. The number of carbonyl (C=O) groups excluding carboxylic acids is 3. The third-order valence-electron chi connectivity index (χ3n) is 7.89. The van der Waals surface area contributed by atoms with Gasteiger partial charge >= 0.3 is 6.09 Å². The molecule has 4 aromatic carbocycles. The van der Waals surface area contributed by atoms with Crippen molar-refractivity contribution in [3.63, 3.8) is 0 Å². The molecule has 0 aliphatic carbocycles. The van der Waals surface area contributed by atoms with Gasteiger partial charge in [-0.2, -0.15) is 0 Å². The number of hydrogen-bond acceptors (Lipinski definition) is 5. The number of para-hydroxylation sites is 2. The molecule has 0 aromatic heterocycles. The van der Waals surface area contributed by atoms with Gasteiger partial charge in [-0.25, -0.2) is 9.18 Å². The van der Waals surface area contributed by atoms with Crippen molar-refractivity contribution in [3.05, 3.63) is 100 Å². The molecule has 232 valence electrons. The largest absolute Gasteiger partial charge is 0.496 e. The second-order valence-electron chi connectivity index (χ2n) is 10.6. The van der Waals surface area contributed by atoms with E-state index < -0.39 is 41.7 Å². The van der Waals surface area contributed by atoms with Gasteiger partial charge in [-0.3, -0.25) is 19.3 Å². The van der Waals surface area contributed by atoms with Crippen molar-refractivity contribution in [3.8, 4) is 5.75 Å². The van der Waals surface area contributed by atoms with E-state index in [4.69, 9.17) is 4.74 Å². The Labute approximate surface area is 267 Å². The third kappa shape index (κ3) is 6.32. The standard InChI is InChI=1S/C33H30BrFN4O6/c1-19(37(2)33(43)44)30(40)36-26-18-39(31(41)20-8-12-23(35)13-9-20)28-7-5-4-6-27(28)38(32(26)42)17-25-24-14-11-22(34)16-21(24)10-15-29(25)45-3/h4-16,19,26H,17-18H2,1-3H3,(H,36,40)(H,43,44)/t19-,26-/m0/s1. The van der Waals surface area contributed by atoms with E-state index in [2.05, 4.69) is 21.2 Å². The smallest absolute Gasteiger partial charge is 0.407 e. The monoisotopic (exact) mass is 676 g/mol. The van der Waals surface area contributed by atoms with Crippen LogP contribution in [0.3, 0.4) is 0 Å². The van der Waals surface area contributed by atoms with Gasteiger partial charge in [0.1, 0.15) is 23.7 Å². The van der Waals surface area contributed by atoms with E-state index in [-0.39, 0.29) is 18.7 Å². The molecule has 0 saturated carbocycles. The normalized spacial score (nSPS) is 15.2. The molecule has 0 fully saturated rings. The molecule has 0 bridgehead atoms. The maximum Gasteiger partial charge on any atom is 0.407 e. The first-order valence-corrected chi connectivity index (χ1v) is 14.8. The van der Waals surface area contributed by atoms with Crippen LogP contribution >= 0.6 is 15.9 Å². The van der Waals surface area contributed by atoms with Crippen LogP contribution in [0.5, 0.6) is 5.75 Å². The van der Waals surface area contributed by atoms with Gasteiger partial charge in [0.2, 0.25) is 5.91 Å². The van der Waals surface area contributed by atoms with Gasteiger partial charge < -0.3 is 25.0 Å². The van der Waals surface area contributed by atoms with E-state index >= 15 is 0 Å². The number of benzene rings is 4. The number of nitrogens with one attached hydrogen (secondary N) is 1. The minimum absolute atomic E-state index is 0.0214. The van der Waals surface area contributed by atoms with Crippen molar-refractivity contribution in [2.75, 3.05) is 30.5 Å². The number of nitrogens with zero attached hydrogens (tertiary/aromatic N) is 3. The number of carbonyl (C=O) groups is 4. The molecule has 1 heterocycles. The zero-order chi connectivity index (χ0) is 32.4. The minimum atomic E-state index is -1.32. The molecule has 12 heteroatoms. The molecule has 4 amide bonds. The lowest BCUT2D eigenvalue weighted by molar-refractivity contribution is -0.129. The van der Waals surface area contributed by atoms with Crippen molar-refractivity contribution in [2.45, 2.75) is 25.6 Å². The van der Waals surface area contributed by atoms with Crippen LogP contribution in [0, 0.1) is 5.82 Å². The Morgan fingerprint density at radius 3 is 2.42 bits per heavy atom. The summed E-state index contributed by atoms with van der Waals surface area (Å²) in [5, 5.41) is 13.8. The predicted molar refractivity (Wildman–Crippen MR) is 171 cm³/mol. The van der Waals surface area contributed by atoms with Crippen LogP contribution in [0.25, 0.3) is 10.8 Å². The summed E-state index contributed by atoms with van der Waals surface area (Å²) in [4.78, 5) is 56.9. The lowest BCUT2D eigenvalue weighted by atomic mass is 10.0. The maximum absolute atomic E-state index is 14.5. The van der Waals surface area contributed by atoms with E-state index in [1.807, 2.05) is 30.3 Å². The lowest BCUT2D eigenvalue weighted by Crippen LogP contribution is -2.56. The van der Waals surface area contributed by atoms with Gasteiger partial charge in [0.15, 0.2) is 0 Å². The van der Waals surface area contributed by atoms with Gasteiger partial charge in [0, 0.05) is 22.6 Å². The third-order valence-corrected chi connectivity index (χ3v) is 8.39. The Kier molecular flexibility index (Phi) is 9.05. The van der Waals surface area contributed by atoms with E-state index in [0.717, 1.165) is 20.1 Å². The first kappa shape index (κ1) is 31.5. The summed E-state index contributed by atoms with van der Waals surface area (Å²) in [6, 6.07) is 19.0. The highest BCUT2D eigenvalue weighted by atomic mass is 79.9. The van der Waals surface area contributed by atoms with Crippen LogP contribution in [0.4, 0.5) is 20.6 Å². The molecule has 1 aliphatic rings. The molecule has 0 spiro atoms. The summed E-state index contributed by atoms with van der Waals surface area (Å²) >= 11 is 3.50. The average Bonchev–Trinajstić information content (AvgIpc) is 3.14. The number of hydrogen-bond donors (Lipinski definition) is 2. The van der Waals surface area contributed by atoms with Gasteiger partial charge in [-0.1, -0.05) is 40.2 Å². The fraction of sp³-hybridized carbons (Fsp3) is 0.212. The van der Waals surface area contributed by atoms with E-state index in [1.165, 1.54) is 55.1 Å². The second kappa shape index (κ2) is 12.9. The number of anilines is 2. The molecule has 5 rings (SSSR count). The van der Waals surface area contributed by atoms with Crippen molar-refractivity contribution >= 4 is 61.9 Å². The average molecular weight is 678 g/mol. The van der Waals surface area contributed by atoms with E-state index in [9.17, 15) is 28.7 Å². The van der Waals surface area contributed by atoms with Gasteiger partial charge in [0.25, 0.3) is 11.8 Å². The summed E-state index contributed by atoms with van der Waals surface area (Å²) < 4.78 is 20.3. The number of ether oxygens (including phenoxy) is 1. The fourth-order valence-corrected chi connectivity index (χ4v) is 5.67. The summed E-state index contributed by atoms with van der Waals surface area (Å²) in [6.07, 6.45) is -1.32. The molecule has 0 saturated heterocycles. The second-order valence-corrected chi connectivity index (χ2v) is 11.5. The zero-order valence-electron chi connectivity index (χ0n) is 24.7. The van der Waals surface area contributed by atoms with Crippen LogP contribution in [-0.2, 0) is 16.1 Å². The van der Waals surface area contributed by atoms with Crippen LogP contribution in [-0.4, -0.2) is 66.6 Å². The number of halogens is 2. The first-order chi connectivity index (χ1) is 21.5. The fourth-order valence-electron chi connectivity index (χ4n) is 5.29. The number of carboxylic acid groups (broad SMARTS) is 1. The topological polar surface area (TPSA) is 119 Å². The molecule has 1 aliphatic heterocycles. The number of rotatable bonds is 7. The Balaban J connectivity index is 1.64. The summed E-state index contributed by atoms with van der Waals surface area (Å²) in [7, 11) is 2.79. The molecule has 2 N–H and O–H groups in total. The number of likely N-dealkylation sites (N-methyl/N-ethyl adjacent to an activating group) is 1. The number of amides is 4. The van der Waals surface area contributed by atoms with Crippen molar-refractivity contribution in [1.82, 2.24) is 10.2 Å². The summed E-state index contributed by atoms with van der Waals surface area (Å²) in [5.41, 5.74) is 1.68. The SMILES string of the molecule is COc1ccc2cc(Br)ccc2c1CN1C(=O)[C@@H](NC(=O)[C@H](C)N(C)C(=O)O)CN(C(=O)c2ccc(F)cc2)c2ccccc21. The van der Waals surface area contributed by atoms with Gasteiger partial charge in [-0.05, 0) is 72.3 Å². The van der Waals surface area contributed by atoms with Crippen molar-refractivity contribution in [2.24, 2.45) is 0 Å². The Hall–Kier alpha value is -4.97. The van der Waals surface area contributed by atoms with E-state index in [0.29, 0.717) is 22.7 Å². The molecule has 10 nitrogen and oxygen atoms in total. The highest BCUT2D eigenvalue weighted by Crippen LogP contribution is 2.38. The maximum atomic E-state index is 14.5. The summed E-state index contributed by atoms with van der Waals surface area (Å²) in [5.74, 6) is -1.73. The molecule has 0 unspecified atom stereocenters. The Morgan fingerprint density at radius 2 is 1.76 bits per heavy atom. The Bertz CT molecular complexity index is 1800. The molecule has 0 radical (unpaired) electrons. The highest BCUT2D eigenvalue weighted by molar-refractivity contribution is 9.10. The zero-order valence-corrected chi connectivity index (χ0v) is 26.2. The molecule has 4 aromatic rings. The van der Waals surface area contributed by atoms with Crippen LogP contribution in [0.15, 0.2) is 83.3 Å².